The average Bonchev–Trinajstić information content (AvgIpc) is 2.33. The van der Waals surface area contributed by atoms with Crippen LogP contribution in [0.3, 0.4) is 0 Å². The van der Waals surface area contributed by atoms with Crippen LogP contribution in [0.1, 0.15) is 33.1 Å². The third-order valence-electron chi connectivity index (χ3n) is 3.30. The maximum Gasteiger partial charge on any atom is 0.279 e. The van der Waals surface area contributed by atoms with Crippen molar-refractivity contribution >= 4 is 5.78 Å². The molecular formula is C8H12N4O5-2. The van der Waals surface area contributed by atoms with E-state index in [0.717, 1.165) is 0 Å². The molecule has 0 amide bonds. The minimum absolute atomic E-state index is 0.101. The number of hydrogen-bond donors (Lipinski definition) is 0. The quantitative estimate of drug-likeness (QED) is 0.407. The second-order valence-electron chi connectivity index (χ2n) is 4.44. The highest BCUT2D eigenvalue weighted by molar-refractivity contribution is 5.94. The Labute approximate surface area is 96.8 Å². The second kappa shape index (κ2) is 4.15. The fraction of sp³-hybridized carbons (Fsp3) is 0.875. The van der Waals surface area contributed by atoms with E-state index in [1.807, 2.05) is 0 Å². The van der Waals surface area contributed by atoms with Gasteiger partial charge in [-0.15, -0.1) is 0 Å². The van der Waals surface area contributed by atoms with Crippen molar-refractivity contribution in [2.75, 3.05) is 0 Å². The number of ketones is 1. The van der Waals surface area contributed by atoms with Crippen LogP contribution in [0.15, 0.2) is 10.6 Å². The molecule has 2 atom stereocenters. The molecule has 1 fully saturated rings. The van der Waals surface area contributed by atoms with Crippen LogP contribution < -0.4 is 0 Å². The Hall–Kier alpha value is -1.93. The standard InChI is InChI=1S/C8H14N4O5/c1-7(11(16)9-14)4-3-5-8(2,6(7)13)12(17)10-15/h14-15H,3-5H2,1-2H3/p-2/b11-9-,12-10-/t7-,8+. The van der Waals surface area contributed by atoms with Gasteiger partial charge < -0.3 is 20.8 Å². The van der Waals surface area contributed by atoms with E-state index in [1.54, 1.807) is 0 Å². The van der Waals surface area contributed by atoms with Crippen LogP contribution in [0.2, 0.25) is 0 Å². The highest BCUT2D eigenvalue weighted by Gasteiger charge is 2.60. The van der Waals surface area contributed by atoms with E-state index < -0.39 is 16.9 Å². The highest BCUT2D eigenvalue weighted by Crippen LogP contribution is 2.36. The molecule has 1 saturated carbocycles. The zero-order valence-corrected chi connectivity index (χ0v) is 9.45. The summed E-state index contributed by atoms with van der Waals surface area (Å²) in [6, 6.07) is 0. The monoisotopic (exact) mass is 244 g/mol. The zero-order chi connectivity index (χ0) is 13.3. The predicted molar refractivity (Wildman–Crippen MR) is 54.5 cm³/mol. The van der Waals surface area contributed by atoms with Crippen LogP contribution in [0, 0.1) is 20.8 Å². The molecule has 0 saturated heterocycles. The molecular weight excluding hydrogens is 232 g/mol. The van der Waals surface area contributed by atoms with Gasteiger partial charge in [0, 0.05) is 26.7 Å². The van der Waals surface area contributed by atoms with Crippen molar-refractivity contribution in [2.24, 2.45) is 10.6 Å². The van der Waals surface area contributed by atoms with E-state index in [4.69, 9.17) is 0 Å². The first kappa shape index (κ1) is 13.1. The van der Waals surface area contributed by atoms with Gasteiger partial charge in [-0.1, -0.05) is 9.72 Å². The van der Waals surface area contributed by atoms with Gasteiger partial charge in [0.2, 0.25) is 0 Å². The molecule has 1 rings (SSSR count). The lowest BCUT2D eigenvalue weighted by molar-refractivity contribution is -0.620. The van der Waals surface area contributed by atoms with Crippen LogP contribution >= 0.6 is 0 Å². The molecule has 0 unspecified atom stereocenters. The molecule has 0 aromatic rings. The first-order chi connectivity index (χ1) is 7.82. The van der Waals surface area contributed by atoms with E-state index in [0.29, 0.717) is 6.42 Å². The maximum absolute atomic E-state index is 12.1. The minimum Gasteiger partial charge on any atom is -0.739 e. The normalized spacial score (nSPS) is 36.0. The molecule has 9 nitrogen and oxygen atoms in total. The molecule has 0 spiro atoms. The molecule has 0 radical (unpaired) electrons. The fourth-order valence-corrected chi connectivity index (χ4v) is 2.13. The molecule has 0 aromatic carbocycles. The van der Waals surface area contributed by atoms with Crippen LogP contribution in [-0.4, -0.2) is 26.6 Å². The van der Waals surface area contributed by atoms with Gasteiger partial charge in [0.1, 0.15) is 0 Å². The summed E-state index contributed by atoms with van der Waals surface area (Å²) in [6.07, 6.45) is 0.536. The average molecular weight is 244 g/mol. The lowest BCUT2D eigenvalue weighted by atomic mass is 9.72. The Morgan fingerprint density at radius 2 is 1.41 bits per heavy atom. The van der Waals surface area contributed by atoms with Crippen molar-refractivity contribution in [3.8, 4) is 0 Å². The zero-order valence-electron chi connectivity index (χ0n) is 9.45. The van der Waals surface area contributed by atoms with E-state index in [-0.39, 0.29) is 22.6 Å². The van der Waals surface area contributed by atoms with Crippen LogP contribution in [0.25, 0.3) is 0 Å². The lowest BCUT2D eigenvalue weighted by Gasteiger charge is -2.36. The van der Waals surface area contributed by atoms with Crippen molar-refractivity contribution in [3.05, 3.63) is 20.8 Å². The molecule has 9 heteroatoms. The Balaban J connectivity index is 3.22. The largest absolute Gasteiger partial charge is 0.739 e. The molecule has 0 N–H and O–H groups in total. The van der Waals surface area contributed by atoms with Crippen LogP contribution in [-0.2, 0) is 4.79 Å². The van der Waals surface area contributed by atoms with Crippen molar-refractivity contribution in [1.82, 2.24) is 0 Å². The number of hydroxylamine groups is 2. The number of carbonyl (C=O) groups is 1. The summed E-state index contributed by atoms with van der Waals surface area (Å²) >= 11 is 0. The highest BCUT2D eigenvalue weighted by atomic mass is 16.6. The predicted octanol–water partition coefficient (Wildman–Crippen LogP) is 1.18. The number of Topliss-reactive ketones (excluding diaryl/α,β-unsaturated/α-hetero) is 1. The first-order valence-electron chi connectivity index (χ1n) is 4.99. The summed E-state index contributed by atoms with van der Waals surface area (Å²) in [5.41, 5.74) is -3.44. The van der Waals surface area contributed by atoms with Gasteiger partial charge in [0.05, 0.1) is 0 Å². The van der Waals surface area contributed by atoms with Gasteiger partial charge in [0.25, 0.3) is 16.9 Å². The third-order valence-corrected chi connectivity index (χ3v) is 3.30. The second-order valence-corrected chi connectivity index (χ2v) is 4.44. The summed E-state index contributed by atoms with van der Waals surface area (Å²) in [5.74, 6) is -0.819. The molecule has 1 aliphatic rings. The summed E-state index contributed by atoms with van der Waals surface area (Å²) < 4.78 is 0. The molecule has 1 aliphatic carbocycles. The van der Waals surface area contributed by atoms with Crippen molar-refractivity contribution < 1.29 is 14.5 Å². The Kier molecular flexibility index (Phi) is 3.21. The summed E-state index contributed by atoms with van der Waals surface area (Å²) in [6.45, 7) is 2.44. The number of rotatable bonds is 2. The summed E-state index contributed by atoms with van der Waals surface area (Å²) in [4.78, 5) is 11.6. The molecule has 0 aromatic heterocycles. The van der Waals surface area contributed by atoms with Gasteiger partial charge in [-0.25, -0.2) is 0 Å². The Morgan fingerprint density at radius 3 is 1.71 bits per heavy atom. The fourth-order valence-electron chi connectivity index (χ4n) is 2.13. The Bertz CT molecular complexity index is 361. The summed E-state index contributed by atoms with van der Waals surface area (Å²) in [5, 5.41) is 47.4. The van der Waals surface area contributed by atoms with Gasteiger partial charge >= 0.3 is 0 Å². The summed E-state index contributed by atoms with van der Waals surface area (Å²) in [7, 11) is 0. The van der Waals surface area contributed by atoms with E-state index >= 15 is 0 Å². The van der Waals surface area contributed by atoms with E-state index in [9.17, 15) is 25.6 Å². The van der Waals surface area contributed by atoms with Crippen molar-refractivity contribution in [2.45, 2.75) is 44.2 Å². The minimum atomic E-state index is -1.72. The van der Waals surface area contributed by atoms with Crippen molar-refractivity contribution in [1.29, 1.82) is 0 Å². The molecule has 96 valence electrons. The number of hydrogen-bond acceptors (Lipinski definition) is 7. The first-order valence-corrected chi connectivity index (χ1v) is 4.99. The molecule has 0 aliphatic heterocycles. The molecule has 17 heavy (non-hydrogen) atoms. The lowest BCUT2D eigenvalue weighted by Crippen LogP contribution is -2.60. The van der Waals surface area contributed by atoms with E-state index in [2.05, 4.69) is 10.6 Å². The van der Waals surface area contributed by atoms with Gasteiger partial charge in [-0.2, -0.15) is 0 Å². The number of carbonyl (C=O) groups excluding carboxylic acids is 1. The van der Waals surface area contributed by atoms with Crippen LogP contribution in [0.4, 0.5) is 0 Å². The van der Waals surface area contributed by atoms with Gasteiger partial charge in [-0.05, 0) is 17.0 Å². The molecule has 0 heterocycles. The van der Waals surface area contributed by atoms with Gasteiger partial charge in [-0.3, -0.25) is 4.79 Å². The smallest absolute Gasteiger partial charge is 0.279 e. The van der Waals surface area contributed by atoms with E-state index in [1.165, 1.54) is 13.8 Å². The number of nitrogens with zero attached hydrogens (tertiary/aromatic N) is 4. The molecule has 0 bridgehead atoms. The SMILES string of the molecule is C[C@]1(/[N+]([O-])=N/[O-])CCC[C@@](C)(/[N+]([O-])=N/[O-])C1=O. The van der Waals surface area contributed by atoms with Gasteiger partial charge in [0.15, 0.2) is 0 Å². The Morgan fingerprint density at radius 1 is 1.06 bits per heavy atom. The third kappa shape index (κ3) is 1.77. The van der Waals surface area contributed by atoms with Crippen molar-refractivity contribution in [3.63, 3.8) is 0 Å². The van der Waals surface area contributed by atoms with Crippen LogP contribution in [0.5, 0.6) is 0 Å². The topological polar surface area (TPSA) is 140 Å². The maximum atomic E-state index is 12.1.